The molecule has 7 heteroatoms. The van der Waals surface area contributed by atoms with Crippen LogP contribution in [0.1, 0.15) is 20.7 Å². The highest BCUT2D eigenvalue weighted by atomic mass is 32.1. The maximum Gasteiger partial charge on any atom is 0.337 e. The average Bonchev–Trinajstić information content (AvgIpc) is 2.91. The average molecular weight is 263 g/mol. The molecule has 0 atom stereocenters. The lowest BCUT2D eigenvalue weighted by atomic mass is 10.1. The van der Waals surface area contributed by atoms with Crippen molar-refractivity contribution < 1.29 is 14.3 Å². The van der Waals surface area contributed by atoms with Gasteiger partial charge in [-0.1, -0.05) is 11.3 Å². The summed E-state index contributed by atoms with van der Waals surface area (Å²) >= 11 is 1.23. The Morgan fingerprint density at radius 1 is 1.22 bits per heavy atom. The molecule has 1 amide bonds. The van der Waals surface area contributed by atoms with Crippen molar-refractivity contribution in [2.45, 2.75) is 0 Å². The van der Waals surface area contributed by atoms with Crippen LogP contribution >= 0.6 is 11.3 Å². The highest BCUT2D eigenvalue weighted by Gasteiger charge is 2.10. The minimum absolute atomic E-state index is 0.303. The van der Waals surface area contributed by atoms with Gasteiger partial charge in [0.25, 0.3) is 5.91 Å². The molecule has 0 unspecified atom stereocenters. The summed E-state index contributed by atoms with van der Waals surface area (Å²) in [6.07, 6.45) is 0. The topological polar surface area (TPSA) is 81.2 Å². The van der Waals surface area contributed by atoms with Crippen LogP contribution in [0.3, 0.4) is 0 Å². The zero-order valence-electron chi connectivity index (χ0n) is 9.41. The van der Waals surface area contributed by atoms with Crippen LogP contribution in [0.25, 0.3) is 0 Å². The lowest BCUT2D eigenvalue weighted by Gasteiger charge is -2.02. The normalized spacial score (nSPS) is 9.83. The van der Waals surface area contributed by atoms with Gasteiger partial charge in [0.15, 0.2) is 0 Å². The van der Waals surface area contributed by atoms with Gasteiger partial charge in [-0.15, -0.1) is 10.2 Å². The van der Waals surface area contributed by atoms with Gasteiger partial charge in [0.1, 0.15) is 5.51 Å². The van der Waals surface area contributed by atoms with E-state index in [2.05, 4.69) is 20.3 Å². The summed E-state index contributed by atoms with van der Waals surface area (Å²) in [5.41, 5.74) is 2.35. The van der Waals surface area contributed by atoms with Gasteiger partial charge >= 0.3 is 5.97 Å². The molecule has 18 heavy (non-hydrogen) atoms. The Morgan fingerprint density at radius 2 is 1.89 bits per heavy atom. The van der Waals surface area contributed by atoms with Crippen LogP contribution in [-0.4, -0.2) is 29.2 Å². The standard InChI is InChI=1S/C11H9N3O3S/c1-17-10(16)8-4-2-7(3-5-8)9(15)13-11-14-12-6-18-11/h2-6H,1H3,(H,13,14,15). The van der Waals surface area contributed by atoms with Gasteiger partial charge in [-0.2, -0.15) is 0 Å². The number of carbonyl (C=O) groups excluding carboxylic acids is 2. The molecule has 0 fully saturated rings. The number of esters is 1. The van der Waals surface area contributed by atoms with Crippen molar-refractivity contribution >= 4 is 28.3 Å². The third-order valence-corrected chi connectivity index (χ3v) is 2.76. The third-order valence-electron chi connectivity index (χ3n) is 2.15. The largest absolute Gasteiger partial charge is 0.465 e. The molecule has 0 saturated heterocycles. The molecule has 92 valence electrons. The summed E-state index contributed by atoms with van der Waals surface area (Å²) in [5.74, 6) is -0.741. The highest BCUT2D eigenvalue weighted by Crippen LogP contribution is 2.11. The van der Waals surface area contributed by atoms with E-state index in [4.69, 9.17) is 0 Å². The Bertz CT molecular complexity index is 551. The molecule has 1 aromatic heterocycles. The van der Waals surface area contributed by atoms with Crippen LogP contribution in [0, 0.1) is 0 Å². The van der Waals surface area contributed by atoms with E-state index in [0.717, 1.165) is 0 Å². The predicted molar refractivity (Wildman–Crippen MR) is 65.6 cm³/mol. The third kappa shape index (κ3) is 2.69. The predicted octanol–water partition coefficient (Wildman–Crippen LogP) is 1.58. The fourth-order valence-corrected chi connectivity index (χ4v) is 1.71. The molecule has 0 aliphatic carbocycles. The van der Waals surface area contributed by atoms with Gasteiger partial charge in [-0.25, -0.2) is 4.79 Å². The molecule has 1 aromatic carbocycles. The molecular weight excluding hydrogens is 254 g/mol. The SMILES string of the molecule is COC(=O)c1ccc(C(=O)Nc2nncs2)cc1. The first-order chi connectivity index (χ1) is 8.70. The Balaban J connectivity index is 2.09. The Kier molecular flexibility index (Phi) is 3.63. The number of hydrogen-bond acceptors (Lipinski definition) is 6. The maximum atomic E-state index is 11.8. The lowest BCUT2D eigenvalue weighted by molar-refractivity contribution is 0.0600. The van der Waals surface area contributed by atoms with Gasteiger partial charge < -0.3 is 4.74 Å². The van der Waals surface area contributed by atoms with E-state index in [1.165, 1.54) is 36.1 Å². The molecule has 0 saturated carbocycles. The molecule has 0 bridgehead atoms. The van der Waals surface area contributed by atoms with E-state index in [1.54, 1.807) is 12.1 Å². The first kappa shape index (κ1) is 12.2. The number of methoxy groups -OCH3 is 1. The smallest absolute Gasteiger partial charge is 0.337 e. The van der Waals surface area contributed by atoms with Gasteiger partial charge in [0.2, 0.25) is 5.13 Å². The maximum absolute atomic E-state index is 11.8. The van der Waals surface area contributed by atoms with E-state index in [-0.39, 0.29) is 5.91 Å². The van der Waals surface area contributed by atoms with E-state index < -0.39 is 5.97 Å². The van der Waals surface area contributed by atoms with Crippen molar-refractivity contribution in [1.29, 1.82) is 0 Å². The molecule has 2 rings (SSSR count). The van der Waals surface area contributed by atoms with Gasteiger partial charge in [-0.05, 0) is 24.3 Å². The van der Waals surface area contributed by atoms with Crippen LogP contribution in [-0.2, 0) is 4.74 Å². The Hall–Kier alpha value is -2.28. The molecule has 1 N–H and O–H groups in total. The first-order valence-corrected chi connectivity index (χ1v) is 5.84. The minimum Gasteiger partial charge on any atom is -0.465 e. The van der Waals surface area contributed by atoms with Crippen molar-refractivity contribution in [3.63, 3.8) is 0 Å². The molecule has 0 aliphatic rings. The lowest BCUT2D eigenvalue weighted by Crippen LogP contribution is -2.12. The monoisotopic (exact) mass is 263 g/mol. The molecule has 1 heterocycles. The van der Waals surface area contributed by atoms with Crippen LogP contribution < -0.4 is 5.32 Å². The summed E-state index contributed by atoms with van der Waals surface area (Å²) in [4.78, 5) is 23.0. The van der Waals surface area contributed by atoms with Crippen molar-refractivity contribution in [1.82, 2.24) is 10.2 Å². The van der Waals surface area contributed by atoms with Gasteiger partial charge in [-0.3, -0.25) is 10.1 Å². The summed E-state index contributed by atoms with van der Waals surface area (Å²) in [6, 6.07) is 6.15. The number of amides is 1. The second kappa shape index (κ2) is 5.37. The second-order valence-corrected chi connectivity index (χ2v) is 4.10. The Morgan fingerprint density at radius 3 is 2.44 bits per heavy atom. The van der Waals surface area contributed by atoms with Crippen LogP contribution in [0.2, 0.25) is 0 Å². The second-order valence-electron chi connectivity index (χ2n) is 3.27. The summed E-state index contributed by atoms with van der Waals surface area (Å²) in [7, 11) is 1.30. The number of aromatic nitrogens is 2. The summed E-state index contributed by atoms with van der Waals surface area (Å²) < 4.78 is 4.57. The van der Waals surface area contributed by atoms with Crippen molar-refractivity contribution in [2.24, 2.45) is 0 Å². The van der Waals surface area contributed by atoms with Crippen LogP contribution in [0.15, 0.2) is 29.8 Å². The number of nitrogens with zero attached hydrogens (tertiary/aromatic N) is 2. The Labute approximate surface area is 107 Å². The van der Waals surface area contributed by atoms with Gasteiger partial charge in [0, 0.05) is 5.56 Å². The van der Waals surface area contributed by atoms with Crippen molar-refractivity contribution in [3.8, 4) is 0 Å². The zero-order valence-corrected chi connectivity index (χ0v) is 10.2. The van der Waals surface area contributed by atoms with E-state index in [0.29, 0.717) is 16.3 Å². The summed E-state index contributed by atoms with van der Waals surface area (Å²) in [5, 5.41) is 10.3. The molecule has 0 aliphatic heterocycles. The number of hydrogen-bond donors (Lipinski definition) is 1. The number of carbonyl (C=O) groups is 2. The van der Waals surface area contributed by atoms with Crippen molar-refractivity contribution in [2.75, 3.05) is 12.4 Å². The van der Waals surface area contributed by atoms with E-state index in [9.17, 15) is 9.59 Å². The molecule has 0 spiro atoms. The molecule has 6 nitrogen and oxygen atoms in total. The minimum atomic E-state index is -0.439. The quantitative estimate of drug-likeness (QED) is 0.850. The molecule has 2 aromatic rings. The van der Waals surface area contributed by atoms with E-state index in [1.807, 2.05) is 0 Å². The first-order valence-electron chi connectivity index (χ1n) is 4.96. The van der Waals surface area contributed by atoms with Gasteiger partial charge in [0.05, 0.1) is 12.7 Å². The van der Waals surface area contributed by atoms with Crippen LogP contribution in [0.4, 0.5) is 5.13 Å². The number of rotatable bonds is 3. The number of ether oxygens (including phenoxy) is 1. The fraction of sp³-hybridized carbons (Fsp3) is 0.0909. The summed E-state index contributed by atoms with van der Waals surface area (Å²) in [6.45, 7) is 0. The number of benzene rings is 1. The number of nitrogens with one attached hydrogen (secondary N) is 1. The molecule has 0 radical (unpaired) electrons. The zero-order chi connectivity index (χ0) is 13.0. The van der Waals surface area contributed by atoms with E-state index >= 15 is 0 Å². The van der Waals surface area contributed by atoms with Crippen LogP contribution in [0.5, 0.6) is 0 Å². The highest BCUT2D eigenvalue weighted by molar-refractivity contribution is 7.13. The molecular formula is C11H9N3O3S. The fourth-order valence-electron chi connectivity index (χ4n) is 1.27. The number of anilines is 1. The van der Waals surface area contributed by atoms with Crippen molar-refractivity contribution in [3.05, 3.63) is 40.9 Å².